The summed E-state index contributed by atoms with van der Waals surface area (Å²) in [6, 6.07) is 17.3. The lowest BCUT2D eigenvalue weighted by Crippen LogP contribution is -2.20. The number of rotatable bonds is 6. The number of anilines is 3. The van der Waals surface area contributed by atoms with Gasteiger partial charge in [0.2, 0.25) is 0 Å². The Morgan fingerprint density at radius 3 is 2.48 bits per heavy atom. The number of carbonyl (C=O) groups excluding carboxylic acids is 1. The summed E-state index contributed by atoms with van der Waals surface area (Å²) in [7, 11) is 0. The second kappa shape index (κ2) is 8.36. The van der Waals surface area contributed by atoms with Crippen LogP contribution in [0.2, 0.25) is 0 Å². The SMILES string of the molecule is Cc1ccc(OCC(=O)Nc2ccc(Nc3cccc(C)c3C)cn2)cc1. The first-order valence-electron chi connectivity index (χ1n) is 8.80. The van der Waals surface area contributed by atoms with Crippen molar-refractivity contribution in [3.63, 3.8) is 0 Å². The van der Waals surface area contributed by atoms with Crippen molar-refractivity contribution in [1.82, 2.24) is 4.98 Å². The summed E-state index contributed by atoms with van der Waals surface area (Å²) in [5, 5.41) is 6.08. The van der Waals surface area contributed by atoms with Crippen molar-refractivity contribution < 1.29 is 9.53 Å². The van der Waals surface area contributed by atoms with Gasteiger partial charge < -0.3 is 15.4 Å². The average Bonchev–Trinajstić information content (AvgIpc) is 2.66. The third kappa shape index (κ3) is 5.07. The maximum atomic E-state index is 12.0. The zero-order valence-electron chi connectivity index (χ0n) is 15.7. The predicted octanol–water partition coefficient (Wildman–Crippen LogP) is 4.77. The summed E-state index contributed by atoms with van der Waals surface area (Å²) < 4.78 is 5.47. The molecule has 1 heterocycles. The Labute approximate surface area is 159 Å². The molecule has 1 aromatic heterocycles. The van der Waals surface area contributed by atoms with E-state index in [2.05, 4.69) is 35.5 Å². The Hall–Kier alpha value is -3.34. The van der Waals surface area contributed by atoms with Crippen LogP contribution in [0.4, 0.5) is 17.2 Å². The monoisotopic (exact) mass is 361 g/mol. The number of ether oxygens (including phenoxy) is 1. The molecule has 2 N–H and O–H groups in total. The molecule has 5 heteroatoms. The first kappa shape index (κ1) is 18.5. The largest absolute Gasteiger partial charge is 0.484 e. The molecule has 0 bridgehead atoms. The summed E-state index contributed by atoms with van der Waals surface area (Å²) in [6.07, 6.45) is 1.69. The smallest absolute Gasteiger partial charge is 0.263 e. The highest BCUT2D eigenvalue weighted by Crippen LogP contribution is 2.22. The van der Waals surface area contributed by atoms with Gasteiger partial charge in [-0.3, -0.25) is 4.79 Å². The lowest BCUT2D eigenvalue weighted by Gasteiger charge is -2.12. The summed E-state index contributed by atoms with van der Waals surface area (Å²) in [6.45, 7) is 6.10. The second-order valence-corrected chi connectivity index (χ2v) is 6.45. The van der Waals surface area contributed by atoms with E-state index in [4.69, 9.17) is 4.74 Å². The van der Waals surface area contributed by atoms with Crippen molar-refractivity contribution in [3.05, 3.63) is 77.5 Å². The number of nitrogens with one attached hydrogen (secondary N) is 2. The minimum Gasteiger partial charge on any atom is -0.484 e. The van der Waals surface area contributed by atoms with Crippen LogP contribution in [0.15, 0.2) is 60.8 Å². The Bertz CT molecular complexity index is 919. The zero-order valence-corrected chi connectivity index (χ0v) is 15.7. The lowest BCUT2D eigenvalue weighted by atomic mass is 10.1. The van der Waals surface area contributed by atoms with Crippen molar-refractivity contribution in [2.45, 2.75) is 20.8 Å². The van der Waals surface area contributed by atoms with Crippen LogP contribution in [0.25, 0.3) is 0 Å². The highest BCUT2D eigenvalue weighted by Gasteiger charge is 2.06. The number of hydrogen-bond acceptors (Lipinski definition) is 4. The number of hydrogen-bond donors (Lipinski definition) is 2. The molecular weight excluding hydrogens is 338 g/mol. The summed E-state index contributed by atoms with van der Waals surface area (Å²) in [4.78, 5) is 16.3. The molecule has 27 heavy (non-hydrogen) atoms. The fourth-order valence-electron chi connectivity index (χ4n) is 2.55. The van der Waals surface area contributed by atoms with Gasteiger partial charge in [0.15, 0.2) is 6.61 Å². The first-order chi connectivity index (χ1) is 13.0. The van der Waals surface area contributed by atoms with Gasteiger partial charge in [0.05, 0.1) is 11.9 Å². The maximum Gasteiger partial charge on any atom is 0.263 e. The third-order valence-electron chi connectivity index (χ3n) is 4.31. The molecule has 5 nitrogen and oxygen atoms in total. The van der Waals surface area contributed by atoms with E-state index in [-0.39, 0.29) is 12.5 Å². The summed E-state index contributed by atoms with van der Waals surface area (Å²) in [5.41, 5.74) is 5.47. The molecule has 0 atom stereocenters. The molecule has 0 aliphatic rings. The van der Waals surface area contributed by atoms with Crippen LogP contribution in [0.3, 0.4) is 0 Å². The molecular formula is C22H23N3O2. The van der Waals surface area contributed by atoms with Crippen molar-refractivity contribution in [1.29, 1.82) is 0 Å². The number of carbonyl (C=O) groups is 1. The molecule has 3 rings (SSSR count). The minimum absolute atomic E-state index is 0.0623. The molecule has 0 unspecified atom stereocenters. The van der Waals surface area contributed by atoms with Crippen LogP contribution in [-0.2, 0) is 4.79 Å². The lowest BCUT2D eigenvalue weighted by molar-refractivity contribution is -0.118. The molecule has 0 radical (unpaired) electrons. The van der Waals surface area contributed by atoms with Crippen LogP contribution in [0.5, 0.6) is 5.75 Å². The van der Waals surface area contributed by atoms with E-state index in [1.807, 2.05) is 49.4 Å². The van der Waals surface area contributed by atoms with Gasteiger partial charge in [-0.05, 0) is 62.2 Å². The van der Waals surface area contributed by atoms with E-state index in [1.54, 1.807) is 12.3 Å². The van der Waals surface area contributed by atoms with E-state index in [0.717, 1.165) is 16.9 Å². The highest BCUT2D eigenvalue weighted by atomic mass is 16.5. The van der Waals surface area contributed by atoms with Crippen LogP contribution < -0.4 is 15.4 Å². The second-order valence-electron chi connectivity index (χ2n) is 6.45. The Kier molecular flexibility index (Phi) is 5.71. The Balaban J connectivity index is 1.54. The van der Waals surface area contributed by atoms with Gasteiger partial charge in [-0.15, -0.1) is 0 Å². The van der Waals surface area contributed by atoms with Gasteiger partial charge >= 0.3 is 0 Å². The van der Waals surface area contributed by atoms with Gasteiger partial charge in [-0.25, -0.2) is 4.98 Å². The van der Waals surface area contributed by atoms with Gasteiger partial charge in [-0.2, -0.15) is 0 Å². The quantitative estimate of drug-likeness (QED) is 0.664. The number of amides is 1. The number of pyridine rings is 1. The predicted molar refractivity (Wildman–Crippen MR) is 109 cm³/mol. The maximum absolute atomic E-state index is 12.0. The van der Waals surface area contributed by atoms with E-state index in [0.29, 0.717) is 11.6 Å². The average molecular weight is 361 g/mol. The fraction of sp³-hybridized carbons (Fsp3) is 0.182. The van der Waals surface area contributed by atoms with Crippen molar-refractivity contribution in [3.8, 4) is 5.75 Å². The molecule has 1 amide bonds. The van der Waals surface area contributed by atoms with Gasteiger partial charge in [0, 0.05) is 5.69 Å². The summed E-state index contributed by atoms with van der Waals surface area (Å²) in [5.74, 6) is 0.897. The number of aromatic nitrogens is 1. The van der Waals surface area contributed by atoms with Crippen molar-refractivity contribution in [2.24, 2.45) is 0 Å². The highest BCUT2D eigenvalue weighted by molar-refractivity contribution is 5.91. The molecule has 138 valence electrons. The first-order valence-corrected chi connectivity index (χ1v) is 8.80. The van der Waals surface area contributed by atoms with Gasteiger partial charge in [0.25, 0.3) is 5.91 Å². The van der Waals surface area contributed by atoms with E-state index in [1.165, 1.54) is 11.1 Å². The van der Waals surface area contributed by atoms with Crippen LogP contribution >= 0.6 is 0 Å². The van der Waals surface area contributed by atoms with E-state index < -0.39 is 0 Å². The van der Waals surface area contributed by atoms with Gasteiger partial charge in [0.1, 0.15) is 11.6 Å². The third-order valence-corrected chi connectivity index (χ3v) is 4.31. The topological polar surface area (TPSA) is 63.2 Å². The van der Waals surface area contributed by atoms with Gasteiger partial charge in [-0.1, -0.05) is 29.8 Å². The molecule has 2 aromatic carbocycles. The van der Waals surface area contributed by atoms with Crippen LogP contribution in [0, 0.1) is 20.8 Å². The Morgan fingerprint density at radius 2 is 1.78 bits per heavy atom. The standard InChI is InChI=1S/C22H23N3O2/c1-15-7-10-19(11-8-15)27-14-22(26)25-21-12-9-18(13-23-21)24-20-6-4-5-16(2)17(20)3/h4-13,24H,14H2,1-3H3,(H,23,25,26). The fourth-order valence-corrected chi connectivity index (χ4v) is 2.55. The van der Waals surface area contributed by atoms with Crippen molar-refractivity contribution >= 4 is 23.1 Å². The molecule has 0 fully saturated rings. The number of benzene rings is 2. The normalized spacial score (nSPS) is 10.3. The Morgan fingerprint density at radius 1 is 1.00 bits per heavy atom. The molecule has 0 aliphatic carbocycles. The molecule has 0 aliphatic heterocycles. The molecule has 0 saturated carbocycles. The van der Waals surface area contributed by atoms with Crippen LogP contribution in [0.1, 0.15) is 16.7 Å². The van der Waals surface area contributed by atoms with Crippen LogP contribution in [-0.4, -0.2) is 17.5 Å². The molecule has 0 saturated heterocycles. The number of aryl methyl sites for hydroxylation is 2. The minimum atomic E-state index is -0.252. The van der Waals surface area contributed by atoms with Crippen molar-refractivity contribution in [2.75, 3.05) is 17.2 Å². The number of nitrogens with zero attached hydrogens (tertiary/aromatic N) is 1. The molecule has 0 spiro atoms. The summed E-state index contributed by atoms with van der Waals surface area (Å²) >= 11 is 0. The zero-order chi connectivity index (χ0) is 19.2. The molecule has 3 aromatic rings. The van der Waals surface area contributed by atoms with E-state index in [9.17, 15) is 4.79 Å². The van der Waals surface area contributed by atoms with E-state index >= 15 is 0 Å².